The molecule has 3 heteroatoms. The minimum atomic E-state index is 0.124. The maximum atomic E-state index is 11.9. The zero-order valence-corrected chi connectivity index (χ0v) is 13.7. The van der Waals surface area contributed by atoms with Gasteiger partial charge >= 0.3 is 0 Å². The Bertz CT molecular complexity index is 223. The van der Waals surface area contributed by atoms with Gasteiger partial charge in [-0.25, -0.2) is 0 Å². The topological polar surface area (TPSA) is 29.5 Å². The summed E-state index contributed by atoms with van der Waals surface area (Å²) >= 11 is 0. The molecule has 3 nitrogen and oxygen atoms in total. The van der Waals surface area contributed by atoms with Crippen LogP contribution in [0.2, 0.25) is 0 Å². The predicted octanol–water partition coefficient (Wildman–Crippen LogP) is 3.37. The molecule has 114 valence electrons. The van der Waals surface area contributed by atoms with Gasteiger partial charge in [0.25, 0.3) is 0 Å². The number of ketones is 1. The smallest absolute Gasteiger partial charge is 0.149 e. The second-order valence-corrected chi connectivity index (χ2v) is 6.35. The molecular formula is C16H33NO2. The summed E-state index contributed by atoms with van der Waals surface area (Å²) in [6.07, 6.45) is 2.64. The van der Waals surface area contributed by atoms with Crippen LogP contribution in [-0.4, -0.2) is 43.0 Å². The first-order chi connectivity index (χ1) is 8.82. The predicted molar refractivity (Wildman–Crippen MR) is 81.4 cm³/mol. The SMILES string of the molecule is CC(C)CCCN(CCOC(C)C)CC(=O)C(C)C. The lowest BCUT2D eigenvalue weighted by atomic mass is 10.1. The molecule has 0 atom stereocenters. The fraction of sp³-hybridized carbons (Fsp3) is 0.938. The summed E-state index contributed by atoms with van der Waals surface area (Å²) in [6.45, 7) is 15.6. The molecule has 0 aromatic rings. The molecule has 0 saturated carbocycles. The minimum Gasteiger partial charge on any atom is -0.377 e. The summed E-state index contributed by atoms with van der Waals surface area (Å²) in [6, 6.07) is 0. The monoisotopic (exact) mass is 271 g/mol. The maximum absolute atomic E-state index is 11.9. The Balaban J connectivity index is 4.10. The molecule has 0 aliphatic rings. The van der Waals surface area contributed by atoms with Crippen LogP contribution < -0.4 is 0 Å². The second-order valence-electron chi connectivity index (χ2n) is 6.35. The van der Waals surface area contributed by atoms with Crippen molar-refractivity contribution in [1.29, 1.82) is 0 Å². The third-order valence-electron chi connectivity index (χ3n) is 3.14. The molecule has 19 heavy (non-hydrogen) atoms. The molecule has 0 aromatic carbocycles. The van der Waals surface area contributed by atoms with Crippen LogP contribution in [0.5, 0.6) is 0 Å². The quantitative estimate of drug-likeness (QED) is 0.577. The lowest BCUT2D eigenvalue weighted by molar-refractivity contribution is -0.123. The van der Waals surface area contributed by atoms with Crippen LogP contribution in [0.1, 0.15) is 54.4 Å². The first kappa shape index (κ1) is 18.6. The van der Waals surface area contributed by atoms with Crippen molar-refractivity contribution in [2.45, 2.75) is 60.5 Å². The van der Waals surface area contributed by atoms with Crippen LogP contribution in [0.15, 0.2) is 0 Å². The Morgan fingerprint density at radius 1 is 1.05 bits per heavy atom. The van der Waals surface area contributed by atoms with Crippen molar-refractivity contribution in [3.05, 3.63) is 0 Å². The van der Waals surface area contributed by atoms with Gasteiger partial charge in [-0.05, 0) is 39.2 Å². The lowest BCUT2D eigenvalue weighted by Crippen LogP contribution is -2.35. The first-order valence-electron chi connectivity index (χ1n) is 7.69. The van der Waals surface area contributed by atoms with E-state index in [0.29, 0.717) is 18.9 Å². The van der Waals surface area contributed by atoms with E-state index < -0.39 is 0 Å². The van der Waals surface area contributed by atoms with E-state index in [2.05, 4.69) is 18.7 Å². The zero-order chi connectivity index (χ0) is 14.8. The Kier molecular flexibility index (Phi) is 10.2. The summed E-state index contributed by atoms with van der Waals surface area (Å²) in [4.78, 5) is 14.1. The molecular weight excluding hydrogens is 238 g/mol. The molecule has 0 aliphatic carbocycles. The van der Waals surface area contributed by atoms with Crippen molar-refractivity contribution in [1.82, 2.24) is 4.90 Å². The third kappa shape index (κ3) is 11.1. The highest BCUT2D eigenvalue weighted by molar-refractivity contribution is 5.82. The fourth-order valence-corrected chi connectivity index (χ4v) is 1.81. The van der Waals surface area contributed by atoms with E-state index in [4.69, 9.17) is 4.74 Å². The minimum absolute atomic E-state index is 0.124. The average Bonchev–Trinajstić information content (AvgIpc) is 2.27. The zero-order valence-electron chi connectivity index (χ0n) is 13.7. The van der Waals surface area contributed by atoms with Gasteiger partial charge in [0, 0.05) is 12.5 Å². The molecule has 0 amide bonds. The van der Waals surface area contributed by atoms with E-state index in [1.165, 1.54) is 6.42 Å². The van der Waals surface area contributed by atoms with Crippen molar-refractivity contribution < 1.29 is 9.53 Å². The molecule has 0 spiro atoms. The van der Waals surface area contributed by atoms with E-state index in [1.807, 2.05) is 27.7 Å². The van der Waals surface area contributed by atoms with Gasteiger partial charge in [-0.1, -0.05) is 27.7 Å². The molecule has 0 fully saturated rings. The van der Waals surface area contributed by atoms with E-state index in [0.717, 1.165) is 25.4 Å². The Morgan fingerprint density at radius 2 is 1.68 bits per heavy atom. The van der Waals surface area contributed by atoms with Gasteiger partial charge in [0.05, 0.1) is 19.3 Å². The van der Waals surface area contributed by atoms with Gasteiger partial charge < -0.3 is 4.74 Å². The molecule has 0 rings (SSSR count). The van der Waals surface area contributed by atoms with Crippen LogP contribution in [0.25, 0.3) is 0 Å². The lowest BCUT2D eigenvalue weighted by Gasteiger charge is -2.23. The van der Waals surface area contributed by atoms with E-state index in [1.54, 1.807) is 0 Å². The van der Waals surface area contributed by atoms with Crippen molar-refractivity contribution >= 4 is 5.78 Å². The van der Waals surface area contributed by atoms with Gasteiger partial charge in [-0.3, -0.25) is 9.69 Å². The Labute approximate surface area is 119 Å². The second kappa shape index (κ2) is 10.4. The molecule has 0 bridgehead atoms. The number of rotatable bonds is 11. The summed E-state index contributed by atoms with van der Waals surface area (Å²) < 4.78 is 5.59. The summed E-state index contributed by atoms with van der Waals surface area (Å²) in [7, 11) is 0. The highest BCUT2D eigenvalue weighted by Gasteiger charge is 2.13. The Morgan fingerprint density at radius 3 is 2.16 bits per heavy atom. The molecule has 0 aliphatic heterocycles. The van der Waals surface area contributed by atoms with Crippen molar-refractivity contribution in [3.63, 3.8) is 0 Å². The average molecular weight is 271 g/mol. The number of hydrogen-bond acceptors (Lipinski definition) is 3. The highest BCUT2D eigenvalue weighted by atomic mass is 16.5. The first-order valence-corrected chi connectivity index (χ1v) is 7.69. The molecule has 0 N–H and O–H groups in total. The van der Waals surface area contributed by atoms with Crippen LogP contribution >= 0.6 is 0 Å². The standard InChI is InChI=1S/C16H33NO2/c1-13(2)8-7-9-17(10-11-19-15(5)6)12-16(18)14(3)4/h13-15H,7-12H2,1-6H3. The van der Waals surface area contributed by atoms with Crippen LogP contribution in [-0.2, 0) is 9.53 Å². The largest absolute Gasteiger partial charge is 0.377 e. The van der Waals surface area contributed by atoms with Crippen LogP contribution in [0, 0.1) is 11.8 Å². The molecule has 0 radical (unpaired) electrons. The molecule has 0 unspecified atom stereocenters. The summed E-state index contributed by atoms with van der Waals surface area (Å²) in [5.74, 6) is 1.18. The number of nitrogens with zero attached hydrogens (tertiary/aromatic N) is 1. The van der Waals surface area contributed by atoms with Gasteiger partial charge in [0.15, 0.2) is 0 Å². The van der Waals surface area contributed by atoms with Crippen molar-refractivity contribution in [3.8, 4) is 0 Å². The highest BCUT2D eigenvalue weighted by Crippen LogP contribution is 2.06. The Hall–Kier alpha value is -0.410. The number of ether oxygens (including phenoxy) is 1. The van der Waals surface area contributed by atoms with Crippen molar-refractivity contribution in [2.75, 3.05) is 26.2 Å². The summed E-state index contributed by atoms with van der Waals surface area (Å²) in [5, 5.41) is 0. The number of hydrogen-bond donors (Lipinski definition) is 0. The van der Waals surface area contributed by atoms with Gasteiger partial charge in [0.2, 0.25) is 0 Å². The van der Waals surface area contributed by atoms with Crippen LogP contribution in [0.3, 0.4) is 0 Å². The van der Waals surface area contributed by atoms with Gasteiger partial charge in [0.1, 0.15) is 5.78 Å². The van der Waals surface area contributed by atoms with E-state index >= 15 is 0 Å². The fourth-order valence-electron chi connectivity index (χ4n) is 1.81. The van der Waals surface area contributed by atoms with E-state index in [9.17, 15) is 4.79 Å². The third-order valence-corrected chi connectivity index (χ3v) is 3.14. The number of carbonyl (C=O) groups is 1. The maximum Gasteiger partial charge on any atom is 0.149 e. The summed E-state index contributed by atoms with van der Waals surface area (Å²) in [5.41, 5.74) is 0. The van der Waals surface area contributed by atoms with E-state index in [-0.39, 0.29) is 12.0 Å². The van der Waals surface area contributed by atoms with Gasteiger partial charge in [-0.15, -0.1) is 0 Å². The number of carbonyl (C=O) groups excluding carboxylic acids is 1. The van der Waals surface area contributed by atoms with Crippen LogP contribution in [0.4, 0.5) is 0 Å². The molecule has 0 heterocycles. The van der Waals surface area contributed by atoms with Gasteiger partial charge in [-0.2, -0.15) is 0 Å². The number of Topliss-reactive ketones (excluding diaryl/α,β-unsaturated/α-hetero) is 1. The molecule has 0 aromatic heterocycles. The van der Waals surface area contributed by atoms with Crippen molar-refractivity contribution in [2.24, 2.45) is 11.8 Å². The normalized spacial score (nSPS) is 12.1. The molecule has 0 saturated heterocycles.